The predicted molar refractivity (Wildman–Crippen MR) is 137 cm³/mol. The van der Waals surface area contributed by atoms with Crippen LogP contribution in [0.4, 0.5) is 0 Å². The molecule has 0 N–H and O–H groups in total. The van der Waals surface area contributed by atoms with E-state index in [1.807, 2.05) is 12.1 Å². The monoisotopic (exact) mass is 459 g/mol. The first-order valence-electron chi connectivity index (χ1n) is 11.3. The van der Waals surface area contributed by atoms with Gasteiger partial charge >= 0.3 is 5.97 Å². The molecule has 1 heterocycles. The van der Waals surface area contributed by atoms with Crippen LogP contribution in [0.25, 0.3) is 21.9 Å². The highest BCUT2D eigenvalue weighted by Crippen LogP contribution is 2.50. The zero-order chi connectivity index (χ0) is 23.1. The van der Waals surface area contributed by atoms with Gasteiger partial charge in [0.2, 0.25) is 0 Å². The molecule has 4 aromatic carbocycles. The van der Waals surface area contributed by atoms with Gasteiger partial charge in [-0.15, -0.1) is 0 Å². The number of hydrogen-bond donors (Lipinski definition) is 0. The molecule has 0 saturated heterocycles. The lowest BCUT2D eigenvalue weighted by Gasteiger charge is -2.21. The van der Waals surface area contributed by atoms with Gasteiger partial charge in [-0.2, -0.15) is 4.73 Å². The molecule has 0 radical (unpaired) electrons. The first-order valence-corrected chi connectivity index (χ1v) is 11.7. The maximum Gasteiger partial charge on any atom is 0.337 e. The normalized spacial score (nSPS) is 12.4. The molecule has 0 saturated carbocycles. The number of carbonyl (C=O) groups excluding carboxylic acids is 1. The Morgan fingerprint density at radius 2 is 1.41 bits per heavy atom. The Balaban J connectivity index is 1.51. The molecule has 6 rings (SSSR count). The van der Waals surface area contributed by atoms with E-state index in [1.54, 1.807) is 18.3 Å². The fourth-order valence-electron chi connectivity index (χ4n) is 5.09. The third-order valence-corrected chi connectivity index (χ3v) is 6.82. The molecule has 0 fully saturated rings. The zero-order valence-corrected chi connectivity index (χ0v) is 19.2. The van der Waals surface area contributed by atoms with Crippen molar-refractivity contribution < 1.29 is 9.63 Å². The van der Waals surface area contributed by atoms with Crippen LogP contribution in [-0.4, -0.2) is 10.7 Å². The summed E-state index contributed by atoms with van der Waals surface area (Å²) >= 11 is 5.28. The first-order chi connectivity index (χ1) is 16.7. The van der Waals surface area contributed by atoms with Crippen LogP contribution in [0.2, 0.25) is 0 Å². The lowest BCUT2D eigenvalue weighted by Crippen LogP contribution is -2.22. The number of fused-ring (bicyclic) bond motifs is 4. The molecule has 0 amide bonds. The van der Waals surface area contributed by atoms with E-state index in [-0.39, 0.29) is 18.3 Å². The topological polar surface area (TPSA) is 31.2 Å². The number of aromatic nitrogens is 1. The van der Waals surface area contributed by atoms with Crippen molar-refractivity contribution >= 4 is 29.0 Å². The van der Waals surface area contributed by atoms with Crippen LogP contribution in [0.3, 0.4) is 0 Å². The molecule has 5 aromatic rings. The van der Waals surface area contributed by atoms with Gasteiger partial charge in [-0.3, -0.25) is 0 Å². The van der Waals surface area contributed by atoms with Gasteiger partial charge in [-0.1, -0.05) is 103 Å². The largest absolute Gasteiger partial charge is 0.337 e. The van der Waals surface area contributed by atoms with Crippen molar-refractivity contribution in [2.24, 2.45) is 0 Å². The average molecular weight is 460 g/mol. The highest BCUT2D eigenvalue weighted by Gasteiger charge is 2.32. The van der Waals surface area contributed by atoms with Crippen LogP contribution in [0, 0.1) is 4.64 Å². The van der Waals surface area contributed by atoms with Crippen molar-refractivity contribution in [2.75, 3.05) is 0 Å². The van der Waals surface area contributed by atoms with Gasteiger partial charge < -0.3 is 4.84 Å². The molecule has 0 bridgehead atoms. The van der Waals surface area contributed by atoms with Crippen molar-refractivity contribution in [1.29, 1.82) is 0 Å². The maximum atomic E-state index is 13.0. The Morgan fingerprint density at radius 3 is 2.15 bits per heavy atom. The Hall–Kier alpha value is -4.02. The summed E-state index contributed by atoms with van der Waals surface area (Å²) in [6.07, 6.45) is 1.81. The fourth-order valence-corrected chi connectivity index (χ4v) is 5.26. The summed E-state index contributed by atoms with van der Waals surface area (Å²) in [6, 6.07) is 35.0. The van der Waals surface area contributed by atoms with E-state index in [0.29, 0.717) is 4.64 Å². The fraction of sp³-hybridized carbons (Fsp3) is 0.0667. The van der Waals surface area contributed by atoms with Crippen LogP contribution in [-0.2, 0) is 11.2 Å². The second-order valence-corrected chi connectivity index (χ2v) is 8.89. The summed E-state index contributed by atoms with van der Waals surface area (Å²) < 4.78 is 1.80. The average Bonchev–Trinajstić information content (AvgIpc) is 3.20. The summed E-state index contributed by atoms with van der Waals surface area (Å²) in [5.41, 5.74) is 7.15. The van der Waals surface area contributed by atoms with Gasteiger partial charge in [0.15, 0.2) is 0 Å². The van der Waals surface area contributed by atoms with Crippen molar-refractivity contribution in [3.63, 3.8) is 0 Å². The second-order valence-electron chi connectivity index (χ2n) is 8.47. The van der Waals surface area contributed by atoms with E-state index in [1.165, 1.54) is 27.0 Å². The minimum atomic E-state index is -0.349. The number of benzene rings is 4. The molecule has 1 aliphatic carbocycles. The van der Waals surface area contributed by atoms with Gasteiger partial charge in [0.1, 0.15) is 4.64 Å². The standard InChI is InChI=1S/C30H21NO2S/c32-28(33-31-18-8-7-15-27(31)34)19-21-17-16-20-9-1-2-10-22(20)29(21)30-25-13-5-3-11-23(25)24-12-4-6-14-26(24)30/h1-18,30H,19H2. The summed E-state index contributed by atoms with van der Waals surface area (Å²) in [6.45, 7) is 0. The zero-order valence-electron chi connectivity index (χ0n) is 18.3. The third-order valence-electron chi connectivity index (χ3n) is 6.51. The summed E-state index contributed by atoms with van der Waals surface area (Å²) in [5.74, 6) is -0.307. The van der Waals surface area contributed by atoms with E-state index >= 15 is 0 Å². The number of nitrogens with zero attached hydrogens (tertiary/aromatic N) is 1. The molecule has 0 atom stereocenters. The predicted octanol–water partition coefficient (Wildman–Crippen LogP) is 6.73. The number of pyridine rings is 1. The van der Waals surface area contributed by atoms with Crippen LogP contribution in [0.1, 0.15) is 28.2 Å². The summed E-state index contributed by atoms with van der Waals surface area (Å²) in [7, 11) is 0. The highest BCUT2D eigenvalue weighted by molar-refractivity contribution is 7.71. The first kappa shape index (κ1) is 20.6. The van der Waals surface area contributed by atoms with E-state index in [4.69, 9.17) is 17.1 Å². The minimum Gasteiger partial charge on any atom is -0.335 e. The van der Waals surface area contributed by atoms with Gasteiger partial charge in [0, 0.05) is 12.1 Å². The molecule has 1 aliphatic rings. The van der Waals surface area contributed by atoms with E-state index in [9.17, 15) is 4.79 Å². The SMILES string of the molecule is O=C(Cc1ccc2ccccc2c1C1c2ccccc2-c2ccccc21)On1ccccc1=S. The molecule has 0 unspecified atom stereocenters. The molecule has 0 spiro atoms. The van der Waals surface area contributed by atoms with Crippen LogP contribution in [0.5, 0.6) is 0 Å². The third kappa shape index (κ3) is 3.44. The van der Waals surface area contributed by atoms with Crippen molar-refractivity contribution in [1.82, 2.24) is 4.73 Å². The maximum absolute atomic E-state index is 13.0. The lowest BCUT2D eigenvalue weighted by atomic mass is 9.82. The van der Waals surface area contributed by atoms with Gasteiger partial charge in [-0.25, -0.2) is 4.79 Å². The molecule has 1 aromatic heterocycles. The second kappa shape index (κ2) is 8.40. The smallest absolute Gasteiger partial charge is 0.335 e. The van der Waals surface area contributed by atoms with Crippen molar-refractivity contribution in [3.05, 3.63) is 136 Å². The van der Waals surface area contributed by atoms with Gasteiger partial charge in [0.25, 0.3) is 0 Å². The van der Waals surface area contributed by atoms with Crippen LogP contribution < -0.4 is 4.84 Å². The Kier molecular flexibility index (Phi) is 5.08. The van der Waals surface area contributed by atoms with E-state index in [0.717, 1.165) is 21.9 Å². The van der Waals surface area contributed by atoms with E-state index < -0.39 is 0 Å². The van der Waals surface area contributed by atoms with E-state index in [2.05, 4.69) is 78.9 Å². The van der Waals surface area contributed by atoms with Gasteiger partial charge in [0.05, 0.1) is 6.42 Å². The highest BCUT2D eigenvalue weighted by atomic mass is 32.1. The Morgan fingerprint density at radius 1 is 0.765 bits per heavy atom. The van der Waals surface area contributed by atoms with Crippen LogP contribution >= 0.6 is 12.2 Å². The quantitative estimate of drug-likeness (QED) is 0.274. The van der Waals surface area contributed by atoms with Crippen molar-refractivity contribution in [2.45, 2.75) is 12.3 Å². The molecular weight excluding hydrogens is 438 g/mol. The Bertz CT molecular complexity index is 1570. The lowest BCUT2D eigenvalue weighted by molar-refractivity contribution is -0.143. The molecular formula is C30H21NO2S. The molecule has 164 valence electrons. The molecule has 34 heavy (non-hydrogen) atoms. The number of rotatable bonds is 4. The molecule has 3 nitrogen and oxygen atoms in total. The summed E-state index contributed by atoms with van der Waals surface area (Å²) in [5, 5.41) is 2.31. The number of hydrogen-bond acceptors (Lipinski definition) is 3. The van der Waals surface area contributed by atoms with Crippen LogP contribution in [0.15, 0.2) is 109 Å². The molecule has 0 aliphatic heterocycles. The summed E-state index contributed by atoms with van der Waals surface area (Å²) in [4.78, 5) is 18.6. The van der Waals surface area contributed by atoms with Crippen molar-refractivity contribution in [3.8, 4) is 11.1 Å². The Labute approximate surface area is 202 Å². The molecule has 4 heteroatoms. The number of carbonyl (C=O) groups is 1. The van der Waals surface area contributed by atoms with Gasteiger partial charge in [-0.05, 0) is 56.3 Å². The minimum absolute atomic E-state index is 0.0418.